The van der Waals surface area contributed by atoms with E-state index in [9.17, 15) is 9.50 Å². The molecule has 0 amide bonds. The van der Waals surface area contributed by atoms with Crippen molar-refractivity contribution >= 4 is 17.3 Å². The van der Waals surface area contributed by atoms with Crippen LogP contribution >= 0.6 is 11.6 Å². The maximum absolute atomic E-state index is 13.6. The second-order valence-electron chi connectivity index (χ2n) is 7.25. The van der Waals surface area contributed by atoms with Gasteiger partial charge >= 0.3 is 0 Å². The van der Waals surface area contributed by atoms with Crippen molar-refractivity contribution in [1.29, 1.82) is 0 Å². The zero-order valence-electron chi connectivity index (χ0n) is 16.7. The first-order valence-corrected chi connectivity index (χ1v) is 10.2. The van der Waals surface area contributed by atoms with Gasteiger partial charge in [0.2, 0.25) is 0 Å². The van der Waals surface area contributed by atoms with Crippen LogP contribution in [-0.4, -0.2) is 54.2 Å². The lowest BCUT2D eigenvalue weighted by molar-refractivity contribution is 0.00334. The lowest BCUT2D eigenvalue weighted by atomic mass is 10.0. The van der Waals surface area contributed by atoms with Gasteiger partial charge < -0.3 is 14.7 Å². The van der Waals surface area contributed by atoms with E-state index in [1.807, 2.05) is 35.2 Å². The van der Waals surface area contributed by atoms with Crippen molar-refractivity contribution in [3.8, 4) is 0 Å². The molecule has 160 valence electrons. The first-order valence-electron chi connectivity index (χ1n) is 9.86. The normalized spacial score (nSPS) is 16.9. The van der Waals surface area contributed by atoms with Crippen LogP contribution in [0, 0.1) is 5.82 Å². The molecule has 0 bridgehead atoms. The van der Waals surface area contributed by atoms with Crippen LogP contribution in [0.2, 0.25) is 5.02 Å². The highest BCUT2D eigenvalue weighted by Crippen LogP contribution is 2.23. The smallest absolute Gasteiger partial charge is 0.145 e. The van der Waals surface area contributed by atoms with Gasteiger partial charge in [-0.05, 0) is 23.8 Å². The largest absolute Gasteiger partial charge is 0.390 e. The van der Waals surface area contributed by atoms with Gasteiger partial charge in [0, 0.05) is 36.6 Å². The van der Waals surface area contributed by atoms with E-state index in [0.717, 1.165) is 16.8 Å². The molecule has 0 aromatic heterocycles. The summed E-state index contributed by atoms with van der Waals surface area (Å²) in [5, 5.41) is 15.2. The summed E-state index contributed by atoms with van der Waals surface area (Å²) in [5.74, 6) is -0.288. The topological polar surface area (TPSA) is 54.3 Å². The Morgan fingerprint density at radius 3 is 2.93 bits per heavy atom. The Balaban J connectivity index is 1.63. The second kappa shape index (κ2) is 11.2. The number of ether oxygens (including phenoxy) is 1. The van der Waals surface area contributed by atoms with Crippen LogP contribution < -0.4 is 0 Å². The Morgan fingerprint density at radius 1 is 1.33 bits per heavy atom. The number of aliphatic hydroxyl groups is 1. The van der Waals surface area contributed by atoms with Crippen LogP contribution in [0.1, 0.15) is 17.5 Å². The van der Waals surface area contributed by atoms with Crippen LogP contribution in [0.25, 0.3) is 0 Å². The lowest BCUT2D eigenvalue weighted by Crippen LogP contribution is -2.39. The number of aliphatic hydroxyl groups excluding tert-OH is 1. The van der Waals surface area contributed by atoms with E-state index < -0.39 is 6.10 Å². The van der Waals surface area contributed by atoms with Gasteiger partial charge in [-0.3, -0.25) is 4.90 Å². The maximum atomic E-state index is 13.6. The number of rotatable bonds is 11. The molecule has 2 aromatic carbocycles. The van der Waals surface area contributed by atoms with E-state index in [4.69, 9.17) is 21.2 Å². The molecule has 30 heavy (non-hydrogen) atoms. The minimum atomic E-state index is -0.691. The molecule has 0 saturated heterocycles. The second-order valence-corrected chi connectivity index (χ2v) is 7.66. The Bertz CT molecular complexity index is 877. The molecule has 7 heteroatoms. The van der Waals surface area contributed by atoms with Crippen molar-refractivity contribution in [3.05, 3.63) is 83.2 Å². The molecule has 0 aliphatic carbocycles. The Labute approximate surface area is 181 Å². The Kier molecular flexibility index (Phi) is 8.39. The number of nitrogens with zero attached hydrogens (tertiary/aromatic N) is 2. The highest BCUT2D eigenvalue weighted by molar-refractivity contribution is 6.34. The quantitative estimate of drug-likeness (QED) is 0.430. The van der Waals surface area contributed by atoms with Crippen molar-refractivity contribution in [2.75, 3.05) is 26.3 Å². The van der Waals surface area contributed by atoms with Crippen molar-refractivity contribution in [1.82, 2.24) is 4.90 Å². The molecule has 1 aliphatic heterocycles. The van der Waals surface area contributed by atoms with Crippen LogP contribution in [0.15, 0.2) is 66.3 Å². The Morgan fingerprint density at radius 2 is 2.17 bits per heavy atom. The third-order valence-corrected chi connectivity index (χ3v) is 5.02. The lowest BCUT2D eigenvalue weighted by Gasteiger charge is -2.27. The van der Waals surface area contributed by atoms with Crippen molar-refractivity contribution in [2.45, 2.75) is 25.2 Å². The third kappa shape index (κ3) is 6.64. The van der Waals surface area contributed by atoms with Gasteiger partial charge in [-0.2, -0.15) is 0 Å². The molecule has 2 atom stereocenters. The molecule has 0 radical (unpaired) electrons. The molecule has 3 rings (SSSR count). The van der Waals surface area contributed by atoms with E-state index in [1.165, 1.54) is 12.1 Å². The van der Waals surface area contributed by atoms with Gasteiger partial charge in [0.15, 0.2) is 0 Å². The van der Waals surface area contributed by atoms with Crippen LogP contribution in [0.3, 0.4) is 0 Å². The highest BCUT2D eigenvalue weighted by atomic mass is 35.5. The van der Waals surface area contributed by atoms with Crippen molar-refractivity contribution in [2.24, 2.45) is 5.16 Å². The summed E-state index contributed by atoms with van der Waals surface area (Å²) >= 11 is 6.27. The molecule has 1 aliphatic rings. The van der Waals surface area contributed by atoms with Gasteiger partial charge in [-0.25, -0.2) is 4.39 Å². The van der Waals surface area contributed by atoms with Gasteiger partial charge in [0.1, 0.15) is 11.9 Å². The van der Waals surface area contributed by atoms with Crippen LogP contribution in [0.4, 0.5) is 4.39 Å². The maximum Gasteiger partial charge on any atom is 0.145 e. The summed E-state index contributed by atoms with van der Waals surface area (Å²) in [5.41, 5.74) is 2.47. The van der Waals surface area contributed by atoms with Crippen LogP contribution in [0.5, 0.6) is 0 Å². The fourth-order valence-corrected chi connectivity index (χ4v) is 3.65. The number of halogens is 2. The van der Waals surface area contributed by atoms with Gasteiger partial charge in [0.05, 0.1) is 25.0 Å². The first kappa shape index (κ1) is 22.4. The number of benzene rings is 2. The summed E-state index contributed by atoms with van der Waals surface area (Å²) in [4.78, 5) is 7.65. The summed E-state index contributed by atoms with van der Waals surface area (Å²) in [7, 11) is 0. The molecule has 0 saturated carbocycles. The predicted octanol–water partition coefficient (Wildman–Crippen LogP) is 4.04. The number of hydrogen-bond donors (Lipinski definition) is 1. The third-order valence-electron chi connectivity index (χ3n) is 4.69. The average molecular weight is 433 g/mol. The van der Waals surface area contributed by atoms with Gasteiger partial charge in [-0.15, -0.1) is 6.58 Å². The standard InChI is InChI=1S/C23H26ClFN2O3/c1-2-10-29-16-19(28)14-27(13-17-6-5-7-18(25)11-17)15-20-12-23(26-30-20)21-8-3-4-9-22(21)24/h2-9,11,19-20,28H,1,10,12-16H2. The molecule has 1 heterocycles. The zero-order chi connectivity index (χ0) is 21.3. The van der Waals surface area contributed by atoms with E-state index in [0.29, 0.717) is 37.7 Å². The fourth-order valence-electron chi connectivity index (χ4n) is 3.40. The number of oxime groups is 1. The summed E-state index contributed by atoms with van der Waals surface area (Å²) in [6.45, 7) is 5.51. The molecule has 1 N–H and O–H groups in total. The molecule has 5 nitrogen and oxygen atoms in total. The summed E-state index contributed by atoms with van der Waals surface area (Å²) < 4.78 is 19.0. The van der Waals surface area contributed by atoms with E-state index >= 15 is 0 Å². The molecule has 0 fully saturated rings. The van der Waals surface area contributed by atoms with Crippen LogP contribution in [-0.2, 0) is 16.1 Å². The zero-order valence-corrected chi connectivity index (χ0v) is 17.5. The predicted molar refractivity (Wildman–Crippen MR) is 116 cm³/mol. The average Bonchev–Trinajstić information content (AvgIpc) is 3.16. The molecule has 2 unspecified atom stereocenters. The molecular formula is C23H26ClFN2O3. The molecule has 2 aromatic rings. The minimum absolute atomic E-state index is 0.189. The van der Waals surface area contributed by atoms with Crippen molar-refractivity contribution in [3.63, 3.8) is 0 Å². The highest BCUT2D eigenvalue weighted by Gasteiger charge is 2.26. The SMILES string of the molecule is C=CCOCC(O)CN(Cc1cccc(F)c1)CC1CC(c2ccccc2Cl)=NO1. The molecular weight excluding hydrogens is 407 g/mol. The Hall–Kier alpha value is -2.25. The first-order chi connectivity index (χ1) is 14.5. The monoisotopic (exact) mass is 432 g/mol. The van der Waals surface area contributed by atoms with E-state index in [-0.39, 0.29) is 18.5 Å². The fraction of sp³-hybridized carbons (Fsp3) is 0.348. The summed E-state index contributed by atoms with van der Waals surface area (Å²) in [6, 6.07) is 14.0. The number of hydrogen-bond acceptors (Lipinski definition) is 5. The minimum Gasteiger partial charge on any atom is -0.390 e. The molecule has 0 spiro atoms. The van der Waals surface area contributed by atoms with Crippen molar-refractivity contribution < 1.29 is 19.1 Å². The summed E-state index contributed by atoms with van der Waals surface area (Å²) in [6.07, 6.45) is 1.36. The van der Waals surface area contributed by atoms with Gasteiger partial charge in [-0.1, -0.05) is 53.2 Å². The van der Waals surface area contributed by atoms with E-state index in [1.54, 1.807) is 12.1 Å². The van der Waals surface area contributed by atoms with E-state index in [2.05, 4.69) is 11.7 Å². The van der Waals surface area contributed by atoms with Gasteiger partial charge in [0.25, 0.3) is 0 Å².